The summed E-state index contributed by atoms with van der Waals surface area (Å²) in [6.07, 6.45) is 0. The summed E-state index contributed by atoms with van der Waals surface area (Å²) in [5.74, 6) is -0.738. The Kier molecular flexibility index (Phi) is 6.66. The Labute approximate surface area is 151 Å². The first-order valence-electron chi connectivity index (χ1n) is 7.99. The van der Waals surface area contributed by atoms with Crippen LogP contribution in [0.4, 0.5) is 5.13 Å². The maximum Gasteiger partial charge on any atom is 0.350 e. The number of anilines is 1. The van der Waals surface area contributed by atoms with Crippen molar-refractivity contribution in [3.8, 4) is 0 Å². The van der Waals surface area contributed by atoms with Crippen LogP contribution in [0.5, 0.6) is 0 Å². The number of carbonyl (C=O) groups is 2. The average molecular weight is 362 g/mol. The second-order valence-electron chi connectivity index (χ2n) is 5.62. The second kappa shape index (κ2) is 8.73. The van der Waals surface area contributed by atoms with Crippen molar-refractivity contribution in [3.05, 3.63) is 45.5 Å². The van der Waals surface area contributed by atoms with Crippen molar-refractivity contribution in [2.75, 3.05) is 18.5 Å². The molecule has 0 bridgehead atoms. The molecule has 2 aromatic rings. The number of esters is 1. The fourth-order valence-corrected chi connectivity index (χ4v) is 3.13. The number of carbonyl (C=O) groups excluding carboxylic acids is 2. The zero-order valence-electron chi connectivity index (χ0n) is 14.8. The predicted molar refractivity (Wildman–Crippen MR) is 97.0 cm³/mol. The van der Waals surface area contributed by atoms with Crippen LogP contribution in [0.15, 0.2) is 18.2 Å². The third-order valence-electron chi connectivity index (χ3n) is 3.49. The molecule has 1 aromatic carbocycles. The maximum absolute atomic E-state index is 12.0. The quantitative estimate of drug-likeness (QED) is 0.764. The molecule has 2 rings (SSSR count). The van der Waals surface area contributed by atoms with E-state index in [4.69, 9.17) is 9.47 Å². The lowest BCUT2D eigenvalue weighted by Crippen LogP contribution is -2.18. The minimum Gasteiger partial charge on any atom is -0.462 e. The third-order valence-corrected chi connectivity index (χ3v) is 4.55. The molecule has 1 aromatic heterocycles. The number of ether oxygens (including phenoxy) is 2. The lowest BCUT2D eigenvalue weighted by atomic mass is 10.1. The van der Waals surface area contributed by atoms with Gasteiger partial charge in [0, 0.05) is 0 Å². The smallest absolute Gasteiger partial charge is 0.350 e. The molecular weight excluding hydrogens is 340 g/mol. The van der Waals surface area contributed by atoms with Crippen LogP contribution in [0.1, 0.15) is 39.0 Å². The van der Waals surface area contributed by atoms with E-state index in [2.05, 4.69) is 16.4 Å². The number of benzene rings is 1. The molecule has 1 amide bonds. The van der Waals surface area contributed by atoms with Gasteiger partial charge < -0.3 is 9.47 Å². The Balaban J connectivity index is 1.86. The van der Waals surface area contributed by atoms with E-state index in [0.29, 0.717) is 28.9 Å². The third kappa shape index (κ3) is 5.37. The number of rotatable bonds is 7. The first-order chi connectivity index (χ1) is 11.9. The number of hydrogen-bond acceptors (Lipinski definition) is 6. The molecule has 25 heavy (non-hydrogen) atoms. The van der Waals surface area contributed by atoms with Crippen molar-refractivity contribution in [1.82, 2.24) is 4.98 Å². The SMILES string of the molecule is CCOC(=O)c1sc(NC(=O)COCc2ccc(C)cc2C)nc1C. The van der Waals surface area contributed by atoms with Crippen LogP contribution >= 0.6 is 11.3 Å². The summed E-state index contributed by atoms with van der Waals surface area (Å²) < 4.78 is 10.4. The van der Waals surface area contributed by atoms with Gasteiger partial charge in [-0.1, -0.05) is 35.1 Å². The molecule has 6 nitrogen and oxygen atoms in total. The second-order valence-corrected chi connectivity index (χ2v) is 6.62. The standard InChI is InChI=1S/C18H22N2O4S/c1-5-24-17(22)16-13(4)19-18(25-16)20-15(21)10-23-9-14-7-6-11(2)8-12(14)3/h6-8H,5,9-10H2,1-4H3,(H,19,20,21). The van der Waals surface area contributed by atoms with Crippen molar-refractivity contribution in [3.63, 3.8) is 0 Å². The van der Waals surface area contributed by atoms with E-state index < -0.39 is 5.97 Å². The highest BCUT2D eigenvalue weighted by Crippen LogP contribution is 2.23. The summed E-state index contributed by atoms with van der Waals surface area (Å²) in [6.45, 7) is 8.07. The number of thiazole rings is 1. The van der Waals surface area contributed by atoms with Crippen molar-refractivity contribution in [2.45, 2.75) is 34.3 Å². The van der Waals surface area contributed by atoms with Gasteiger partial charge in [-0.25, -0.2) is 9.78 Å². The van der Waals surface area contributed by atoms with Crippen molar-refractivity contribution in [1.29, 1.82) is 0 Å². The van der Waals surface area contributed by atoms with Gasteiger partial charge in [0.05, 0.1) is 18.9 Å². The van der Waals surface area contributed by atoms with Gasteiger partial charge in [-0.3, -0.25) is 10.1 Å². The van der Waals surface area contributed by atoms with Gasteiger partial charge >= 0.3 is 5.97 Å². The number of nitrogens with zero attached hydrogens (tertiary/aromatic N) is 1. The fraction of sp³-hybridized carbons (Fsp3) is 0.389. The minimum absolute atomic E-state index is 0.0827. The van der Waals surface area contributed by atoms with E-state index in [9.17, 15) is 9.59 Å². The normalized spacial score (nSPS) is 10.6. The van der Waals surface area contributed by atoms with E-state index in [-0.39, 0.29) is 12.5 Å². The summed E-state index contributed by atoms with van der Waals surface area (Å²) in [5.41, 5.74) is 3.91. The van der Waals surface area contributed by atoms with Gasteiger partial charge in [0.25, 0.3) is 5.91 Å². The molecule has 0 aliphatic carbocycles. The van der Waals surface area contributed by atoms with E-state index >= 15 is 0 Å². The van der Waals surface area contributed by atoms with Gasteiger partial charge in [0.1, 0.15) is 11.5 Å². The van der Waals surface area contributed by atoms with Crippen LogP contribution in [0, 0.1) is 20.8 Å². The average Bonchev–Trinajstić information content (AvgIpc) is 2.90. The van der Waals surface area contributed by atoms with E-state index in [1.165, 1.54) is 5.56 Å². The molecule has 1 heterocycles. The Hall–Kier alpha value is -2.25. The monoisotopic (exact) mass is 362 g/mol. The van der Waals surface area contributed by atoms with E-state index in [1.807, 2.05) is 26.0 Å². The highest BCUT2D eigenvalue weighted by molar-refractivity contribution is 7.17. The summed E-state index contributed by atoms with van der Waals surface area (Å²) in [4.78, 5) is 28.3. The summed E-state index contributed by atoms with van der Waals surface area (Å²) in [7, 11) is 0. The van der Waals surface area contributed by atoms with Crippen molar-refractivity contribution in [2.24, 2.45) is 0 Å². The van der Waals surface area contributed by atoms with Gasteiger partial charge in [0.15, 0.2) is 5.13 Å². The molecule has 0 saturated heterocycles. The predicted octanol–water partition coefficient (Wildman–Crippen LogP) is 3.40. The zero-order chi connectivity index (χ0) is 18.4. The molecule has 134 valence electrons. The molecule has 0 fully saturated rings. The number of nitrogens with one attached hydrogen (secondary N) is 1. The summed E-state index contributed by atoms with van der Waals surface area (Å²) in [6, 6.07) is 6.09. The Morgan fingerprint density at radius 1 is 1.24 bits per heavy atom. The molecule has 0 spiro atoms. The number of hydrogen-bond donors (Lipinski definition) is 1. The number of aryl methyl sites for hydroxylation is 3. The lowest BCUT2D eigenvalue weighted by Gasteiger charge is -2.08. The molecule has 1 N–H and O–H groups in total. The molecule has 0 radical (unpaired) electrons. The highest BCUT2D eigenvalue weighted by Gasteiger charge is 2.17. The number of amides is 1. The van der Waals surface area contributed by atoms with Crippen LogP contribution in [0.25, 0.3) is 0 Å². The minimum atomic E-state index is -0.427. The Morgan fingerprint density at radius 3 is 2.68 bits per heavy atom. The molecule has 7 heteroatoms. The Bertz CT molecular complexity index is 770. The molecule has 0 aliphatic rings. The van der Waals surface area contributed by atoms with Crippen molar-refractivity contribution < 1.29 is 19.1 Å². The molecule has 0 atom stereocenters. The van der Waals surface area contributed by atoms with Crippen LogP contribution in [-0.2, 0) is 20.9 Å². The zero-order valence-corrected chi connectivity index (χ0v) is 15.7. The fourth-order valence-electron chi connectivity index (χ4n) is 2.25. The highest BCUT2D eigenvalue weighted by atomic mass is 32.1. The van der Waals surface area contributed by atoms with Gasteiger partial charge in [-0.05, 0) is 38.8 Å². The van der Waals surface area contributed by atoms with Gasteiger partial charge in [-0.2, -0.15) is 0 Å². The Morgan fingerprint density at radius 2 is 2.00 bits per heavy atom. The first-order valence-corrected chi connectivity index (χ1v) is 8.80. The van der Waals surface area contributed by atoms with Gasteiger partial charge in [-0.15, -0.1) is 0 Å². The van der Waals surface area contributed by atoms with E-state index in [1.54, 1.807) is 13.8 Å². The van der Waals surface area contributed by atoms with E-state index in [0.717, 1.165) is 22.5 Å². The van der Waals surface area contributed by atoms with Crippen LogP contribution < -0.4 is 5.32 Å². The van der Waals surface area contributed by atoms with Crippen molar-refractivity contribution >= 4 is 28.3 Å². The largest absolute Gasteiger partial charge is 0.462 e. The topological polar surface area (TPSA) is 77.5 Å². The lowest BCUT2D eigenvalue weighted by molar-refractivity contribution is -0.121. The van der Waals surface area contributed by atoms with Crippen LogP contribution in [0.2, 0.25) is 0 Å². The van der Waals surface area contributed by atoms with Crippen LogP contribution in [-0.4, -0.2) is 30.1 Å². The summed E-state index contributed by atoms with van der Waals surface area (Å²) in [5, 5.41) is 3.01. The van der Waals surface area contributed by atoms with Crippen LogP contribution in [0.3, 0.4) is 0 Å². The summed E-state index contributed by atoms with van der Waals surface area (Å²) >= 11 is 1.10. The first kappa shape index (κ1) is 19.1. The molecule has 0 saturated carbocycles. The molecule has 0 aliphatic heterocycles. The maximum atomic E-state index is 12.0. The molecular formula is C18H22N2O4S. The molecule has 0 unspecified atom stereocenters. The van der Waals surface area contributed by atoms with Gasteiger partial charge in [0.2, 0.25) is 0 Å². The number of aromatic nitrogens is 1.